The maximum Gasteiger partial charge on any atom is 0.410 e. The van der Waals surface area contributed by atoms with Gasteiger partial charge in [0, 0.05) is 31.3 Å². The molecule has 8 nitrogen and oxygen atoms in total. The second-order valence-corrected chi connectivity index (χ2v) is 6.66. The van der Waals surface area contributed by atoms with E-state index in [1.165, 1.54) is 18.2 Å². The SMILES string of the molecule is CC(C)(C)OC(=O)N1CCC(Nc2ccc([N+](=O)[O-])cc2C#N)C1. The lowest BCUT2D eigenvalue weighted by atomic mass is 10.1. The van der Waals surface area contributed by atoms with E-state index in [0.29, 0.717) is 25.2 Å². The number of hydrogen-bond acceptors (Lipinski definition) is 6. The van der Waals surface area contributed by atoms with Gasteiger partial charge in [0.2, 0.25) is 0 Å². The molecule has 0 spiro atoms. The summed E-state index contributed by atoms with van der Waals surface area (Å²) in [5, 5.41) is 23.1. The first-order valence-corrected chi connectivity index (χ1v) is 7.62. The molecule has 128 valence electrons. The molecule has 1 saturated heterocycles. The first-order valence-electron chi connectivity index (χ1n) is 7.62. The van der Waals surface area contributed by atoms with Crippen LogP contribution in [0.25, 0.3) is 0 Å². The Labute approximate surface area is 140 Å². The summed E-state index contributed by atoms with van der Waals surface area (Å²) in [4.78, 5) is 23.9. The number of non-ortho nitro benzene ring substituents is 1. The topological polar surface area (TPSA) is 108 Å². The third-order valence-electron chi connectivity index (χ3n) is 3.53. The molecule has 1 N–H and O–H groups in total. The fourth-order valence-corrected chi connectivity index (χ4v) is 2.45. The minimum absolute atomic E-state index is 0.0360. The van der Waals surface area contributed by atoms with Gasteiger partial charge < -0.3 is 15.0 Å². The Bertz CT molecular complexity index is 690. The quantitative estimate of drug-likeness (QED) is 0.673. The molecule has 1 unspecified atom stereocenters. The monoisotopic (exact) mass is 332 g/mol. The molecular formula is C16H20N4O4. The number of benzene rings is 1. The fourth-order valence-electron chi connectivity index (χ4n) is 2.45. The summed E-state index contributed by atoms with van der Waals surface area (Å²) < 4.78 is 5.34. The number of anilines is 1. The lowest BCUT2D eigenvalue weighted by Crippen LogP contribution is -2.36. The highest BCUT2D eigenvalue weighted by Crippen LogP contribution is 2.24. The van der Waals surface area contributed by atoms with Gasteiger partial charge in [0.15, 0.2) is 0 Å². The zero-order valence-electron chi connectivity index (χ0n) is 13.9. The largest absolute Gasteiger partial charge is 0.444 e. The molecule has 0 saturated carbocycles. The van der Waals surface area contributed by atoms with E-state index in [2.05, 4.69) is 5.32 Å². The minimum atomic E-state index is -0.547. The number of hydrogen-bond donors (Lipinski definition) is 1. The van der Waals surface area contributed by atoms with Crippen LogP contribution in [0.5, 0.6) is 0 Å². The Kier molecular flexibility index (Phi) is 4.93. The number of carbonyl (C=O) groups is 1. The molecule has 1 aromatic rings. The average Bonchev–Trinajstić information content (AvgIpc) is 2.94. The van der Waals surface area contributed by atoms with Gasteiger partial charge in [-0.25, -0.2) is 4.79 Å². The first kappa shape index (κ1) is 17.5. The van der Waals surface area contributed by atoms with Gasteiger partial charge in [0.1, 0.15) is 11.7 Å². The van der Waals surface area contributed by atoms with Crippen LogP contribution in [0.4, 0.5) is 16.2 Å². The molecular weight excluding hydrogens is 312 g/mol. The van der Waals surface area contributed by atoms with Crippen molar-refractivity contribution in [3.63, 3.8) is 0 Å². The molecule has 0 aromatic heterocycles. The summed E-state index contributed by atoms with van der Waals surface area (Å²) in [5.74, 6) is 0. The Hall–Kier alpha value is -2.82. The number of nitro benzene ring substituents is 1. The molecule has 1 atom stereocenters. The number of ether oxygens (including phenoxy) is 1. The van der Waals surface area contributed by atoms with Gasteiger partial charge in [-0.3, -0.25) is 10.1 Å². The highest BCUT2D eigenvalue weighted by atomic mass is 16.6. The standard InChI is InChI=1S/C16H20N4O4/c1-16(2,3)24-15(21)19-7-6-12(10-19)18-14-5-4-13(20(22)23)8-11(14)9-17/h4-5,8,12,18H,6-7,10H2,1-3H3. The lowest BCUT2D eigenvalue weighted by molar-refractivity contribution is -0.384. The van der Waals surface area contributed by atoms with Gasteiger partial charge in [-0.15, -0.1) is 0 Å². The maximum absolute atomic E-state index is 12.1. The molecule has 1 aromatic carbocycles. The molecule has 1 aliphatic rings. The van der Waals surface area contributed by atoms with Crippen LogP contribution < -0.4 is 5.32 Å². The summed E-state index contributed by atoms with van der Waals surface area (Å²) >= 11 is 0. The predicted octanol–water partition coefficient (Wildman–Crippen LogP) is 2.89. The number of amides is 1. The van der Waals surface area contributed by atoms with Crippen molar-refractivity contribution in [1.82, 2.24) is 4.90 Å². The van der Waals surface area contributed by atoms with E-state index in [9.17, 15) is 14.9 Å². The molecule has 0 bridgehead atoms. The number of nitro groups is 1. The third kappa shape index (κ3) is 4.35. The molecule has 2 rings (SSSR count). The van der Waals surface area contributed by atoms with E-state index >= 15 is 0 Å². The Morgan fingerprint density at radius 1 is 1.50 bits per heavy atom. The van der Waals surface area contributed by atoms with Crippen molar-refractivity contribution in [3.05, 3.63) is 33.9 Å². The van der Waals surface area contributed by atoms with Crippen molar-refractivity contribution < 1.29 is 14.5 Å². The Balaban J connectivity index is 2.02. The zero-order chi connectivity index (χ0) is 17.9. The second kappa shape index (κ2) is 6.74. The minimum Gasteiger partial charge on any atom is -0.444 e. The predicted molar refractivity (Wildman–Crippen MR) is 87.6 cm³/mol. The Morgan fingerprint density at radius 3 is 2.79 bits per heavy atom. The average molecular weight is 332 g/mol. The van der Waals surface area contributed by atoms with Crippen molar-refractivity contribution in [2.75, 3.05) is 18.4 Å². The number of nitrogens with zero attached hydrogens (tertiary/aromatic N) is 3. The highest BCUT2D eigenvalue weighted by molar-refractivity contribution is 5.69. The van der Waals surface area contributed by atoms with Crippen LogP contribution in [-0.4, -0.2) is 40.6 Å². The molecule has 1 fully saturated rings. The van der Waals surface area contributed by atoms with E-state index in [1.807, 2.05) is 26.8 Å². The molecule has 24 heavy (non-hydrogen) atoms. The number of nitriles is 1. The number of carbonyl (C=O) groups excluding carboxylic acids is 1. The van der Waals surface area contributed by atoms with E-state index in [-0.39, 0.29) is 23.4 Å². The summed E-state index contributed by atoms with van der Waals surface area (Å²) in [6.07, 6.45) is 0.345. The van der Waals surface area contributed by atoms with Crippen LogP contribution in [0.3, 0.4) is 0 Å². The van der Waals surface area contributed by atoms with Gasteiger partial charge in [-0.05, 0) is 33.3 Å². The van der Waals surface area contributed by atoms with Gasteiger partial charge in [0.25, 0.3) is 5.69 Å². The van der Waals surface area contributed by atoms with Crippen LogP contribution in [0.15, 0.2) is 18.2 Å². The highest BCUT2D eigenvalue weighted by Gasteiger charge is 2.30. The van der Waals surface area contributed by atoms with Crippen molar-refractivity contribution in [1.29, 1.82) is 5.26 Å². The van der Waals surface area contributed by atoms with Crippen LogP contribution >= 0.6 is 0 Å². The van der Waals surface area contributed by atoms with Gasteiger partial charge in [-0.2, -0.15) is 5.26 Å². The zero-order valence-corrected chi connectivity index (χ0v) is 13.9. The number of nitrogens with one attached hydrogen (secondary N) is 1. The molecule has 1 heterocycles. The fraction of sp³-hybridized carbons (Fsp3) is 0.500. The smallest absolute Gasteiger partial charge is 0.410 e. The second-order valence-electron chi connectivity index (χ2n) is 6.66. The van der Waals surface area contributed by atoms with Gasteiger partial charge in [0.05, 0.1) is 16.2 Å². The van der Waals surface area contributed by atoms with Crippen LogP contribution in [-0.2, 0) is 4.74 Å². The van der Waals surface area contributed by atoms with E-state index in [1.54, 1.807) is 4.90 Å². The number of rotatable bonds is 3. The molecule has 0 radical (unpaired) electrons. The van der Waals surface area contributed by atoms with E-state index in [4.69, 9.17) is 10.00 Å². The molecule has 1 amide bonds. The van der Waals surface area contributed by atoms with Crippen molar-refractivity contribution in [2.24, 2.45) is 0 Å². The summed E-state index contributed by atoms with van der Waals surface area (Å²) in [7, 11) is 0. The summed E-state index contributed by atoms with van der Waals surface area (Å²) in [6.45, 7) is 6.45. The molecule has 0 aliphatic carbocycles. The maximum atomic E-state index is 12.1. The third-order valence-corrected chi connectivity index (χ3v) is 3.53. The van der Waals surface area contributed by atoms with Gasteiger partial charge >= 0.3 is 6.09 Å². The van der Waals surface area contributed by atoms with Crippen LogP contribution in [0.2, 0.25) is 0 Å². The van der Waals surface area contributed by atoms with E-state index < -0.39 is 10.5 Å². The summed E-state index contributed by atoms with van der Waals surface area (Å²) in [6, 6.07) is 6.03. The van der Waals surface area contributed by atoms with Crippen molar-refractivity contribution in [3.8, 4) is 6.07 Å². The van der Waals surface area contributed by atoms with Gasteiger partial charge in [-0.1, -0.05) is 0 Å². The first-order chi connectivity index (χ1) is 11.2. The number of likely N-dealkylation sites (tertiary alicyclic amines) is 1. The van der Waals surface area contributed by atoms with E-state index in [0.717, 1.165) is 0 Å². The van der Waals surface area contributed by atoms with Crippen molar-refractivity contribution in [2.45, 2.75) is 38.8 Å². The Morgan fingerprint density at radius 2 is 2.21 bits per heavy atom. The molecule has 8 heteroatoms. The molecule has 1 aliphatic heterocycles. The lowest BCUT2D eigenvalue weighted by Gasteiger charge is -2.24. The normalized spacial score (nSPS) is 17.2. The van der Waals surface area contributed by atoms with Crippen molar-refractivity contribution >= 4 is 17.5 Å². The van der Waals surface area contributed by atoms with Crippen LogP contribution in [0.1, 0.15) is 32.8 Å². The summed E-state index contributed by atoms with van der Waals surface area (Å²) in [5.41, 5.74) is 0.0625. The van der Waals surface area contributed by atoms with Crippen LogP contribution in [0, 0.1) is 21.4 Å².